The standard InChI is InChI=1S/C12H16BrN3/c1-14-12(15-2)16-11-7-10(11)8-3-5-9(13)6-4-8/h3-6,10-11H,7H2,1-2H3,(H2,14,15,16)/t10-,11+/m0/s1. The third-order valence-electron chi connectivity index (χ3n) is 2.87. The summed E-state index contributed by atoms with van der Waals surface area (Å²) in [4.78, 5) is 4.12. The van der Waals surface area contributed by atoms with E-state index in [1.807, 2.05) is 7.05 Å². The van der Waals surface area contributed by atoms with Crippen molar-refractivity contribution < 1.29 is 0 Å². The van der Waals surface area contributed by atoms with E-state index in [-0.39, 0.29) is 0 Å². The molecule has 0 saturated heterocycles. The van der Waals surface area contributed by atoms with E-state index in [4.69, 9.17) is 0 Å². The predicted molar refractivity (Wildman–Crippen MR) is 70.8 cm³/mol. The Bertz CT molecular complexity index is 386. The highest BCUT2D eigenvalue weighted by Gasteiger charge is 2.38. The molecule has 0 aromatic heterocycles. The van der Waals surface area contributed by atoms with Gasteiger partial charge >= 0.3 is 0 Å². The molecule has 0 unspecified atom stereocenters. The van der Waals surface area contributed by atoms with Crippen LogP contribution in [0.1, 0.15) is 17.9 Å². The second-order valence-electron chi connectivity index (χ2n) is 3.97. The van der Waals surface area contributed by atoms with Gasteiger partial charge in [0.15, 0.2) is 5.96 Å². The van der Waals surface area contributed by atoms with Gasteiger partial charge in [-0.25, -0.2) is 0 Å². The van der Waals surface area contributed by atoms with Crippen molar-refractivity contribution in [3.63, 3.8) is 0 Å². The lowest BCUT2D eigenvalue weighted by atomic mass is 10.1. The number of benzene rings is 1. The molecular weight excluding hydrogens is 266 g/mol. The molecule has 0 bridgehead atoms. The molecule has 1 aliphatic carbocycles. The zero-order valence-corrected chi connectivity index (χ0v) is 11.1. The number of aliphatic imine (C=N–C) groups is 1. The van der Waals surface area contributed by atoms with Gasteiger partial charge in [-0.2, -0.15) is 0 Å². The third kappa shape index (κ3) is 2.55. The van der Waals surface area contributed by atoms with Crippen LogP contribution in [0.15, 0.2) is 33.7 Å². The van der Waals surface area contributed by atoms with Crippen molar-refractivity contribution in [2.45, 2.75) is 18.4 Å². The summed E-state index contributed by atoms with van der Waals surface area (Å²) < 4.78 is 1.13. The number of rotatable bonds is 2. The highest BCUT2D eigenvalue weighted by atomic mass is 79.9. The molecule has 4 heteroatoms. The Hall–Kier alpha value is -1.03. The first-order valence-electron chi connectivity index (χ1n) is 5.41. The molecule has 2 rings (SSSR count). The molecule has 1 saturated carbocycles. The molecule has 86 valence electrons. The van der Waals surface area contributed by atoms with Crippen molar-refractivity contribution in [3.05, 3.63) is 34.3 Å². The highest BCUT2D eigenvalue weighted by molar-refractivity contribution is 9.10. The van der Waals surface area contributed by atoms with Crippen LogP contribution < -0.4 is 10.6 Å². The minimum absolute atomic E-state index is 0.521. The van der Waals surface area contributed by atoms with Gasteiger partial charge in [-0.1, -0.05) is 28.1 Å². The Kier molecular flexibility index (Phi) is 3.49. The smallest absolute Gasteiger partial charge is 0.190 e. The summed E-state index contributed by atoms with van der Waals surface area (Å²) >= 11 is 3.45. The molecule has 0 radical (unpaired) electrons. The quantitative estimate of drug-likeness (QED) is 0.644. The molecule has 0 spiro atoms. The van der Waals surface area contributed by atoms with Crippen molar-refractivity contribution in [2.75, 3.05) is 14.1 Å². The van der Waals surface area contributed by atoms with Crippen LogP contribution in [0.25, 0.3) is 0 Å². The van der Waals surface area contributed by atoms with Crippen molar-refractivity contribution in [1.82, 2.24) is 10.6 Å². The summed E-state index contributed by atoms with van der Waals surface area (Å²) in [6.45, 7) is 0. The maximum Gasteiger partial charge on any atom is 0.190 e. The number of hydrogen-bond acceptors (Lipinski definition) is 1. The van der Waals surface area contributed by atoms with Crippen LogP contribution in [0.2, 0.25) is 0 Å². The predicted octanol–water partition coefficient (Wildman–Crippen LogP) is 2.10. The van der Waals surface area contributed by atoms with Gasteiger partial charge in [-0.05, 0) is 24.1 Å². The van der Waals surface area contributed by atoms with E-state index >= 15 is 0 Å². The van der Waals surface area contributed by atoms with E-state index in [1.54, 1.807) is 7.05 Å². The molecule has 1 aliphatic rings. The highest BCUT2D eigenvalue weighted by Crippen LogP contribution is 2.40. The van der Waals surface area contributed by atoms with Crippen LogP contribution in [0.5, 0.6) is 0 Å². The van der Waals surface area contributed by atoms with Gasteiger partial charge in [0.25, 0.3) is 0 Å². The number of hydrogen-bond donors (Lipinski definition) is 2. The van der Waals surface area contributed by atoms with Gasteiger partial charge < -0.3 is 10.6 Å². The van der Waals surface area contributed by atoms with E-state index in [0.717, 1.165) is 10.4 Å². The van der Waals surface area contributed by atoms with Crippen LogP contribution in [0, 0.1) is 0 Å². The third-order valence-corrected chi connectivity index (χ3v) is 3.40. The molecule has 0 amide bonds. The molecule has 1 fully saturated rings. The fourth-order valence-corrected chi connectivity index (χ4v) is 2.12. The summed E-state index contributed by atoms with van der Waals surface area (Å²) in [6, 6.07) is 9.07. The summed E-state index contributed by atoms with van der Waals surface area (Å²) in [5.74, 6) is 1.49. The molecule has 16 heavy (non-hydrogen) atoms. The Balaban J connectivity index is 1.94. The minimum atomic E-state index is 0.521. The number of guanidine groups is 1. The first-order valence-corrected chi connectivity index (χ1v) is 6.20. The number of halogens is 1. The van der Waals surface area contributed by atoms with Crippen molar-refractivity contribution in [1.29, 1.82) is 0 Å². The van der Waals surface area contributed by atoms with Gasteiger partial charge in [0, 0.05) is 30.5 Å². The first-order chi connectivity index (χ1) is 7.74. The largest absolute Gasteiger partial charge is 0.359 e. The molecule has 0 heterocycles. The fraction of sp³-hybridized carbons (Fsp3) is 0.417. The Morgan fingerprint density at radius 2 is 2.06 bits per heavy atom. The SMILES string of the molecule is CN=C(NC)N[C@@H]1C[C@H]1c1ccc(Br)cc1. The van der Waals surface area contributed by atoms with Crippen molar-refractivity contribution in [3.8, 4) is 0 Å². The Labute approximate surface area is 104 Å². The maximum atomic E-state index is 4.12. The lowest BCUT2D eigenvalue weighted by Crippen LogP contribution is -2.36. The summed E-state index contributed by atoms with van der Waals surface area (Å²) in [5.41, 5.74) is 1.40. The van der Waals surface area contributed by atoms with Crippen LogP contribution in [0.3, 0.4) is 0 Å². The lowest BCUT2D eigenvalue weighted by molar-refractivity contribution is 0.831. The van der Waals surface area contributed by atoms with Gasteiger partial charge in [-0.3, -0.25) is 4.99 Å². The monoisotopic (exact) mass is 281 g/mol. The zero-order chi connectivity index (χ0) is 11.5. The normalized spacial score (nSPS) is 24.1. The summed E-state index contributed by atoms with van der Waals surface area (Å²) in [7, 11) is 3.67. The number of nitrogens with one attached hydrogen (secondary N) is 2. The topological polar surface area (TPSA) is 36.4 Å². The number of nitrogens with zero attached hydrogens (tertiary/aromatic N) is 1. The van der Waals surface area contributed by atoms with Crippen LogP contribution in [0.4, 0.5) is 0 Å². The summed E-state index contributed by atoms with van der Waals surface area (Å²) in [6.07, 6.45) is 1.18. The van der Waals surface area contributed by atoms with Gasteiger partial charge in [0.2, 0.25) is 0 Å². The minimum Gasteiger partial charge on any atom is -0.359 e. The zero-order valence-electron chi connectivity index (χ0n) is 9.50. The maximum absolute atomic E-state index is 4.12. The van der Waals surface area contributed by atoms with E-state index in [2.05, 4.69) is 55.8 Å². The molecule has 2 atom stereocenters. The van der Waals surface area contributed by atoms with Crippen LogP contribution >= 0.6 is 15.9 Å². The average molecular weight is 282 g/mol. The second kappa shape index (κ2) is 4.87. The Morgan fingerprint density at radius 1 is 1.38 bits per heavy atom. The fourth-order valence-electron chi connectivity index (χ4n) is 1.86. The first kappa shape index (κ1) is 11.5. The molecule has 1 aromatic carbocycles. The van der Waals surface area contributed by atoms with E-state index in [9.17, 15) is 0 Å². The van der Waals surface area contributed by atoms with E-state index in [0.29, 0.717) is 12.0 Å². The van der Waals surface area contributed by atoms with E-state index in [1.165, 1.54) is 12.0 Å². The van der Waals surface area contributed by atoms with Gasteiger partial charge in [-0.15, -0.1) is 0 Å². The van der Waals surface area contributed by atoms with Gasteiger partial charge in [0.05, 0.1) is 0 Å². The van der Waals surface area contributed by atoms with E-state index < -0.39 is 0 Å². The lowest BCUT2D eigenvalue weighted by Gasteiger charge is -2.07. The van der Waals surface area contributed by atoms with Crippen LogP contribution in [-0.2, 0) is 0 Å². The molecule has 3 nitrogen and oxygen atoms in total. The second-order valence-corrected chi connectivity index (χ2v) is 4.88. The Morgan fingerprint density at radius 3 is 2.62 bits per heavy atom. The van der Waals surface area contributed by atoms with Gasteiger partial charge in [0.1, 0.15) is 0 Å². The molecular formula is C12H16BrN3. The van der Waals surface area contributed by atoms with Crippen molar-refractivity contribution >= 4 is 21.9 Å². The molecule has 0 aliphatic heterocycles. The van der Waals surface area contributed by atoms with Crippen LogP contribution in [-0.4, -0.2) is 26.1 Å². The summed E-state index contributed by atoms with van der Waals surface area (Å²) in [5, 5.41) is 6.42. The van der Waals surface area contributed by atoms with Crippen molar-refractivity contribution in [2.24, 2.45) is 4.99 Å². The molecule has 2 N–H and O–H groups in total. The average Bonchev–Trinajstić information content (AvgIpc) is 3.06. The molecule has 1 aromatic rings.